The number of anilines is 2. The van der Waals surface area contributed by atoms with Gasteiger partial charge in [-0.15, -0.1) is 0 Å². The third-order valence-corrected chi connectivity index (χ3v) is 7.94. The summed E-state index contributed by atoms with van der Waals surface area (Å²) < 4.78 is 0. The number of aryl methyl sites for hydroxylation is 1. The number of carbonyl (C=O) groups excluding carboxylic acids is 3. The maximum absolute atomic E-state index is 14.0. The van der Waals surface area contributed by atoms with Gasteiger partial charge < -0.3 is 5.32 Å². The number of para-hydroxylation sites is 1. The van der Waals surface area contributed by atoms with Crippen LogP contribution in [-0.2, 0) is 19.9 Å². The zero-order valence-corrected chi connectivity index (χ0v) is 18.3. The molecular weight excluding hydrogens is 448 g/mol. The van der Waals surface area contributed by atoms with Gasteiger partial charge in [0.05, 0.1) is 33.2 Å². The fourth-order valence-corrected chi connectivity index (χ4v) is 6.61. The topological polar surface area (TPSA) is 113 Å². The highest BCUT2D eigenvalue weighted by atomic mass is 35.5. The second kappa shape index (κ2) is 6.61. The number of nitrogens with zero attached hydrogens (tertiary/aromatic N) is 3. The van der Waals surface area contributed by atoms with Crippen LogP contribution in [0.3, 0.4) is 0 Å². The van der Waals surface area contributed by atoms with Crippen molar-refractivity contribution < 1.29 is 19.3 Å². The smallest absolute Gasteiger partial charge is 0.271 e. The zero-order chi connectivity index (χ0) is 23.2. The van der Waals surface area contributed by atoms with Crippen LogP contribution in [0.2, 0.25) is 5.02 Å². The highest BCUT2D eigenvalue weighted by Crippen LogP contribution is 2.61. The number of carbonyl (C=O) groups is 3. The summed E-state index contributed by atoms with van der Waals surface area (Å²) in [7, 11) is 0. The molecule has 0 bridgehead atoms. The molecule has 10 heteroatoms. The normalized spacial score (nSPS) is 30.1. The molecule has 0 unspecified atom stereocenters. The first-order valence-electron chi connectivity index (χ1n) is 10.8. The molecule has 1 spiro atoms. The predicted octanol–water partition coefficient (Wildman–Crippen LogP) is 2.99. The molecule has 1 N–H and O–H groups in total. The van der Waals surface area contributed by atoms with Crippen molar-refractivity contribution in [1.82, 2.24) is 4.90 Å². The van der Waals surface area contributed by atoms with E-state index in [2.05, 4.69) is 5.32 Å². The second-order valence-electron chi connectivity index (χ2n) is 9.03. The minimum absolute atomic E-state index is 0.193. The lowest BCUT2D eigenvalue weighted by Crippen LogP contribution is -2.54. The van der Waals surface area contributed by atoms with Gasteiger partial charge in [0.15, 0.2) is 0 Å². The maximum Gasteiger partial charge on any atom is 0.271 e. The Morgan fingerprint density at radius 3 is 2.73 bits per heavy atom. The average Bonchev–Trinajstić information content (AvgIpc) is 3.48. The molecule has 2 aromatic carbocycles. The van der Waals surface area contributed by atoms with E-state index in [1.54, 1.807) is 25.1 Å². The summed E-state index contributed by atoms with van der Waals surface area (Å²) in [6.07, 6.45) is 1.49. The molecule has 6 rings (SSSR count). The van der Waals surface area contributed by atoms with E-state index in [0.717, 1.165) is 11.3 Å². The van der Waals surface area contributed by atoms with Crippen LogP contribution in [0, 0.1) is 28.9 Å². The molecule has 0 aliphatic carbocycles. The van der Waals surface area contributed by atoms with E-state index >= 15 is 0 Å². The van der Waals surface area contributed by atoms with E-state index in [1.807, 2.05) is 4.90 Å². The van der Waals surface area contributed by atoms with Gasteiger partial charge in [0, 0.05) is 23.7 Å². The number of rotatable bonds is 2. The van der Waals surface area contributed by atoms with E-state index in [9.17, 15) is 24.5 Å². The van der Waals surface area contributed by atoms with Crippen molar-refractivity contribution >= 4 is 46.4 Å². The van der Waals surface area contributed by atoms with Crippen molar-refractivity contribution in [2.45, 2.75) is 31.3 Å². The first kappa shape index (κ1) is 20.3. The molecule has 4 heterocycles. The Balaban J connectivity index is 1.56. The maximum atomic E-state index is 14.0. The minimum atomic E-state index is -1.33. The number of non-ortho nitro benzene ring substituents is 1. The Kier molecular flexibility index (Phi) is 4.07. The lowest BCUT2D eigenvalue weighted by molar-refractivity contribution is -0.384. The van der Waals surface area contributed by atoms with Gasteiger partial charge in [-0.3, -0.25) is 29.4 Å². The van der Waals surface area contributed by atoms with Gasteiger partial charge in [0.1, 0.15) is 5.54 Å². The third-order valence-electron chi connectivity index (χ3n) is 7.62. The summed E-state index contributed by atoms with van der Waals surface area (Å²) in [5.74, 6) is -2.93. The van der Waals surface area contributed by atoms with Gasteiger partial charge in [-0.1, -0.05) is 29.8 Å². The summed E-state index contributed by atoms with van der Waals surface area (Å²) >= 11 is 6.38. The van der Waals surface area contributed by atoms with Crippen molar-refractivity contribution in [2.75, 3.05) is 16.8 Å². The Hall–Kier alpha value is -3.30. The van der Waals surface area contributed by atoms with Gasteiger partial charge >= 0.3 is 0 Å². The van der Waals surface area contributed by atoms with Crippen LogP contribution in [-0.4, -0.2) is 40.1 Å². The number of nitrogens with one attached hydrogen (secondary N) is 1. The molecule has 9 nitrogen and oxygen atoms in total. The number of imide groups is 1. The van der Waals surface area contributed by atoms with Crippen LogP contribution in [0.15, 0.2) is 36.4 Å². The van der Waals surface area contributed by atoms with Crippen LogP contribution in [0.4, 0.5) is 17.1 Å². The summed E-state index contributed by atoms with van der Waals surface area (Å²) in [4.78, 5) is 55.2. The van der Waals surface area contributed by atoms with E-state index in [4.69, 9.17) is 11.6 Å². The highest BCUT2D eigenvalue weighted by molar-refractivity contribution is 6.35. The van der Waals surface area contributed by atoms with Gasteiger partial charge in [0.25, 0.3) is 11.6 Å². The molecule has 4 atom stereocenters. The molecule has 0 saturated carbocycles. The Labute approximate surface area is 193 Å². The lowest BCUT2D eigenvalue weighted by atomic mass is 9.75. The van der Waals surface area contributed by atoms with Gasteiger partial charge in [-0.25, -0.2) is 4.90 Å². The molecule has 3 saturated heterocycles. The molecule has 0 aromatic heterocycles. The molecule has 33 heavy (non-hydrogen) atoms. The molecular formula is C23H19ClN4O5. The lowest BCUT2D eigenvalue weighted by Gasteiger charge is -2.36. The monoisotopic (exact) mass is 466 g/mol. The fourth-order valence-electron chi connectivity index (χ4n) is 6.38. The molecule has 3 amide bonds. The average molecular weight is 467 g/mol. The van der Waals surface area contributed by atoms with Gasteiger partial charge in [-0.05, 0) is 37.9 Å². The number of hydrogen-bond acceptors (Lipinski definition) is 6. The third kappa shape index (κ3) is 2.33. The Bertz CT molecular complexity index is 1300. The Morgan fingerprint density at radius 1 is 1.18 bits per heavy atom. The molecule has 0 radical (unpaired) electrons. The van der Waals surface area contributed by atoms with Gasteiger partial charge in [0.2, 0.25) is 11.8 Å². The van der Waals surface area contributed by atoms with E-state index in [1.165, 1.54) is 18.2 Å². The standard InChI is InChI=1S/C23H19ClN4O5/c1-11-7-8-12(28(32)33)10-16(11)27-20(29)17-15-6-3-9-26(15)23(18(17)21(27)30)13-4-2-5-14(24)19(13)25-22(23)31/h2,4-5,7-8,10,15,17-18H,3,6,9H2,1H3,(H,25,31)/t15-,17-,18-,23+/m0/s1. The van der Waals surface area contributed by atoms with Gasteiger partial charge in [-0.2, -0.15) is 0 Å². The number of benzene rings is 2. The summed E-state index contributed by atoms with van der Waals surface area (Å²) in [5, 5.41) is 14.6. The second-order valence-corrected chi connectivity index (χ2v) is 9.44. The van der Waals surface area contributed by atoms with Crippen molar-refractivity contribution in [3.05, 3.63) is 62.7 Å². The van der Waals surface area contributed by atoms with Crippen LogP contribution >= 0.6 is 11.6 Å². The number of nitro groups is 1. The van der Waals surface area contributed by atoms with Crippen molar-refractivity contribution in [2.24, 2.45) is 11.8 Å². The summed E-state index contributed by atoms with van der Waals surface area (Å²) in [6.45, 7) is 2.29. The molecule has 3 fully saturated rings. The van der Waals surface area contributed by atoms with E-state index in [-0.39, 0.29) is 23.3 Å². The quantitative estimate of drug-likeness (QED) is 0.413. The van der Waals surface area contributed by atoms with E-state index < -0.39 is 34.1 Å². The predicted molar refractivity (Wildman–Crippen MR) is 119 cm³/mol. The SMILES string of the molecule is Cc1ccc([N+](=O)[O-])cc1N1C(=O)[C@@H]2[C@@H](C1=O)[C@]1(C(=O)Nc3c(Cl)cccc31)N1CCC[C@@H]21. The van der Waals surface area contributed by atoms with E-state index in [0.29, 0.717) is 34.8 Å². The highest BCUT2D eigenvalue weighted by Gasteiger charge is 2.74. The number of nitro benzene ring substituents is 1. The fraction of sp³-hybridized carbons (Fsp3) is 0.348. The van der Waals surface area contributed by atoms with Crippen molar-refractivity contribution in [1.29, 1.82) is 0 Å². The number of amides is 3. The first-order valence-corrected chi connectivity index (χ1v) is 11.2. The molecule has 4 aliphatic rings. The van der Waals surface area contributed by atoms with Crippen molar-refractivity contribution in [3.63, 3.8) is 0 Å². The largest absolute Gasteiger partial charge is 0.323 e. The molecule has 2 aromatic rings. The summed E-state index contributed by atoms with van der Waals surface area (Å²) in [6, 6.07) is 9.05. The minimum Gasteiger partial charge on any atom is -0.323 e. The van der Waals surface area contributed by atoms with Crippen LogP contribution in [0.1, 0.15) is 24.0 Å². The summed E-state index contributed by atoms with van der Waals surface area (Å²) in [5.41, 5.74) is 0.305. The molecule has 168 valence electrons. The van der Waals surface area contributed by atoms with Crippen LogP contribution in [0.5, 0.6) is 0 Å². The number of hydrogen-bond donors (Lipinski definition) is 1. The zero-order valence-electron chi connectivity index (χ0n) is 17.6. The van der Waals surface area contributed by atoms with Crippen molar-refractivity contribution in [3.8, 4) is 0 Å². The first-order chi connectivity index (χ1) is 15.8. The number of halogens is 1. The van der Waals surface area contributed by atoms with Crippen LogP contribution in [0.25, 0.3) is 0 Å². The molecule has 4 aliphatic heterocycles. The van der Waals surface area contributed by atoms with Crippen LogP contribution < -0.4 is 10.2 Å². The number of fused-ring (bicyclic) bond motifs is 7. The Morgan fingerprint density at radius 2 is 1.97 bits per heavy atom.